The Bertz CT molecular complexity index is 384. The summed E-state index contributed by atoms with van der Waals surface area (Å²) in [5, 5.41) is 0. The minimum Gasteiger partial charge on any atom is -0.488 e. The van der Waals surface area contributed by atoms with E-state index < -0.39 is 0 Å². The highest BCUT2D eigenvalue weighted by molar-refractivity contribution is 5.30. The average molecular weight is 239 g/mol. The van der Waals surface area contributed by atoms with Crippen molar-refractivity contribution in [2.24, 2.45) is 0 Å². The molecule has 1 unspecified atom stereocenters. The van der Waals surface area contributed by atoms with Crippen molar-refractivity contribution in [1.82, 2.24) is 4.90 Å². The van der Waals surface area contributed by atoms with Crippen molar-refractivity contribution >= 4 is 0 Å². The minimum atomic E-state index is -0.281. The third-order valence-corrected chi connectivity index (χ3v) is 2.92. The highest BCUT2D eigenvalue weighted by atomic mass is 19.1. The van der Waals surface area contributed by atoms with E-state index in [-0.39, 0.29) is 11.9 Å². The molecule has 17 heavy (non-hydrogen) atoms. The molecular weight excluding hydrogens is 221 g/mol. The number of likely N-dealkylation sites (N-methyl/N-ethyl adjacent to an activating group) is 1. The summed E-state index contributed by atoms with van der Waals surface area (Å²) >= 11 is 0. The molecule has 0 bridgehead atoms. The van der Waals surface area contributed by atoms with E-state index in [0.717, 1.165) is 13.1 Å². The molecule has 1 atom stereocenters. The third kappa shape index (κ3) is 3.17. The molecule has 94 valence electrons. The molecule has 1 fully saturated rings. The van der Waals surface area contributed by atoms with Crippen LogP contribution in [0, 0.1) is 12.7 Å². The summed E-state index contributed by atoms with van der Waals surface area (Å²) in [6.07, 6.45) is 0.0219. The van der Waals surface area contributed by atoms with Gasteiger partial charge in [0.05, 0.1) is 6.61 Å². The molecule has 3 nitrogen and oxygen atoms in total. The lowest BCUT2D eigenvalue weighted by molar-refractivity contribution is -0.0408. The van der Waals surface area contributed by atoms with E-state index >= 15 is 0 Å². The van der Waals surface area contributed by atoms with Gasteiger partial charge in [-0.2, -0.15) is 0 Å². The Morgan fingerprint density at radius 2 is 2.35 bits per heavy atom. The molecule has 0 aliphatic carbocycles. The number of ether oxygens (including phenoxy) is 2. The number of benzene rings is 1. The Balaban J connectivity index is 1.91. The van der Waals surface area contributed by atoms with Gasteiger partial charge in [0.15, 0.2) is 11.6 Å². The molecule has 0 amide bonds. The minimum absolute atomic E-state index is 0.0219. The molecule has 1 aromatic carbocycles. The van der Waals surface area contributed by atoms with Crippen molar-refractivity contribution in [1.29, 1.82) is 0 Å². The molecule has 1 heterocycles. The Morgan fingerprint density at radius 1 is 1.53 bits per heavy atom. The lowest BCUT2D eigenvalue weighted by Crippen LogP contribution is -2.42. The predicted octanol–water partition coefficient (Wildman–Crippen LogP) is 1.84. The first-order chi connectivity index (χ1) is 8.16. The highest BCUT2D eigenvalue weighted by Gasteiger charge is 2.18. The summed E-state index contributed by atoms with van der Waals surface area (Å²) in [7, 11) is 2.04. The van der Waals surface area contributed by atoms with Gasteiger partial charge in [-0.05, 0) is 25.6 Å². The summed E-state index contributed by atoms with van der Waals surface area (Å²) in [6.45, 7) is 4.60. The van der Waals surface area contributed by atoms with Gasteiger partial charge in [-0.25, -0.2) is 4.39 Å². The Labute approximate surface area is 101 Å². The second kappa shape index (κ2) is 5.47. The summed E-state index contributed by atoms with van der Waals surface area (Å²) in [5.41, 5.74) is 0.601. The SMILES string of the molecule is Cc1cccc(OCC2CN(C)CCO2)c1F. The van der Waals surface area contributed by atoms with Gasteiger partial charge in [0, 0.05) is 13.1 Å². The van der Waals surface area contributed by atoms with Crippen LogP contribution in [0.4, 0.5) is 4.39 Å². The van der Waals surface area contributed by atoms with Crippen LogP contribution in [-0.2, 0) is 4.74 Å². The van der Waals surface area contributed by atoms with Crippen LogP contribution >= 0.6 is 0 Å². The number of halogens is 1. The number of hydrogen-bond donors (Lipinski definition) is 0. The van der Waals surface area contributed by atoms with Gasteiger partial charge in [0.1, 0.15) is 12.7 Å². The second-order valence-corrected chi connectivity index (χ2v) is 4.45. The van der Waals surface area contributed by atoms with Crippen molar-refractivity contribution in [3.63, 3.8) is 0 Å². The molecule has 4 heteroatoms. The summed E-state index contributed by atoms with van der Waals surface area (Å²) in [4.78, 5) is 2.18. The largest absolute Gasteiger partial charge is 0.488 e. The fourth-order valence-corrected chi connectivity index (χ4v) is 1.88. The zero-order valence-electron chi connectivity index (χ0n) is 10.3. The fraction of sp³-hybridized carbons (Fsp3) is 0.538. The Hall–Kier alpha value is -1.13. The monoisotopic (exact) mass is 239 g/mol. The van der Waals surface area contributed by atoms with Crippen LogP contribution in [0.3, 0.4) is 0 Å². The molecule has 1 aliphatic rings. The van der Waals surface area contributed by atoms with E-state index in [0.29, 0.717) is 24.5 Å². The zero-order chi connectivity index (χ0) is 12.3. The first-order valence-electron chi connectivity index (χ1n) is 5.85. The number of nitrogens with zero attached hydrogens (tertiary/aromatic N) is 1. The molecule has 0 N–H and O–H groups in total. The van der Waals surface area contributed by atoms with E-state index in [1.807, 2.05) is 7.05 Å². The van der Waals surface area contributed by atoms with Gasteiger partial charge in [-0.3, -0.25) is 0 Å². The fourth-order valence-electron chi connectivity index (χ4n) is 1.88. The lowest BCUT2D eigenvalue weighted by Gasteiger charge is -2.29. The summed E-state index contributed by atoms with van der Waals surface area (Å²) < 4.78 is 24.7. The van der Waals surface area contributed by atoms with Gasteiger partial charge in [-0.15, -0.1) is 0 Å². The van der Waals surface area contributed by atoms with Crippen LogP contribution < -0.4 is 4.74 Å². The van der Waals surface area contributed by atoms with Crippen LogP contribution in [0.2, 0.25) is 0 Å². The van der Waals surface area contributed by atoms with Crippen molar-refractivity contribution < 1.29 is 13.9 Å². The Kier molecular flexibility index (Phi) is 3.97. The normalized spacial score (nSPS) is 21.5. The molecule has 1 aromatic rings. The van der Waals surface area contributed by atoms with Crippen molar-refractivity contribution in [3.05, 3.63) is 29.6 Å². The van der Waals surface area contributed by atoms with Gasteiger partial charge >= 0.3 is 0 Å². The van der Waals surface area contributed by atoms with Crippen LogP contribution in [0.15, 0.2) is 18.2 Å². The van der Waals surface area contributed by atoms with E-state index in [2.05, 4.69) is 4.90 Å². The molecule has 1 saturated heterocycles. The Morgan fingerprint density at radius 3 is 3.12 bits per heavy atom. The molecule has 0 saturated carbocycles. The molecule has 1 aliphatic heterocycles. The number of rotatable bonds is 3. The third-order valence-electron chi connectivity index (χ3n) is 2.92. The van der Waals surface area contributed by atoms with Crippen LogP contribution in [0.25, 0.3) is 0 Å². The molecule has 2 rings (SSSR count). The van der Waals surface area contributed by atoms with E-state index in [1.165, 1.54) is 0 Å². The summed E-state index contributed by atoms with van der Waals surface area (Å²) in [5.74, 6) is 0.0264. The standard InChI is InChI=1S/C13H18FNO2/c1-10-4-3-5-12(13(10)14)17-9-11-8-15(2)6-7-16-11/h3-5,11H,6-9H2,1-2H3. The average Bonchev–Trinajstić information content (AvgIpc) is 2.31. The first kappa shape index (κ1) is 12.3. The molecule has 0 radical (unpaired) electrons. The maximum Gasteiger partial charge on any atom is 0.167 e. The number of morpholine rings is 1. The van der Waals surface area contributed by atoms with Gasteiger partial charge < -0.3 is 14.4 Å². The van der Waals surface area contributed by atoms with E-state index in [1.54, 1.807) is 25.1 Å². The number of hydrogen-bond acceptors (Lipinski definition) is 3. The lowest BCUT2D eigenvalue weighted by atomic mass is 10.2. The van der Waals surface area contributed by atoms with Crippen molar-refractivity contribution in [3.8, 4) is 5.75 Å². The number of aryl methyl sites for hydroxylation is 1. The quantitative estimate of drug-likeness (QED) is 0.803. The van der Waals surface area contributed by atoms with Crippen molar-refractivity contribution in [2.75, 3.05) is 33.4 Å². The predicted molar refractivity (Wildman–Crippen MR) is 63.9 cm³/mol. The van der Waals surface area contributed by atoms with Gasteiger partial charge in [0.25, 0.3) is 0 Å². The van der Waals surface area contributed by atoms with Gasteiger partial charge in [0.2, 0.25) is 0 Å². The van der Waals surface area contributed by atoms with Crippen LogP contribution in [0.5, 0.6) is 5.75 Å². The first-order valence-corrected chi connectivity index (χ1v) is 5.85. The highest BCUT2D eigenvalue weighted by Crippen LogP contribution is 2.20. The molecule has 0 spiro atoms. The molecule has 0 aromatic heterocycles. The summed E-state index contributed by atoms with van der Waals surface area (Å²) in [6, 6.07) is 5.17. The van der Waals surface area contributed by atoms with E-state index in [4.69, 9.17) is 9.47 Å². The topological polar surface area (TPSA) is 21.7 Å². The zero-order valence-corrected chi connectivity index (χ0v) is 10.3. The van der Waals surface area contributed by atoms with E-state index in [9.17, 15) is 4.39 Å². The second-order valence-electron chi connectivity index (χ2n) is 4.45. The maximum atomic E-state index is 13.7. The van der Waals surface area contributed by atoms with Crippen molar-refractivity contribution in [2.45, 2.75) is 13.0 Å². The van der Waals surface area contributed by atoms with Gasteiger partial charge in [-0.1, -0.05) is 12.1 Å². The molecular formula is C13H18FNO2. The van der Waals surface area contributed by atoms with Crippen LogP contribution in [-0.4, -0.2) is 44.4 Å². The smallest absolute Gasteiger partial charge is 0.167 e. The maximum absolute atomic E-state index is 13.7. The van der Waals surface area contributed by atoms with Crippen LogP contribution in [0.1, 0.15) is 5.56 Å².